The Morgan fingerprint density at radius 1 is 0.850 bits per heavy atom. The van der Waals surface area contributed by atoms with Crippen LogP contribution in [0.2, 0.25) is 0 Å². The molecule has 2 aromatic heterocycles. The Bertz CT molecular complexity index is 1600. The molecule has 202 valence electrons. The number of carbonyl (C=O) groups excluding carboxylic acids is 1. The number of aromatic nitrogens is 3. The van der Waals surface area contributed by atoms with Gasteiger partial charge in [-0.2, -0.15) is 4.98 Å². The van der Waals surface area contributed by atoms with Crippen LogP contribution in [0.25, 0.3) is 45.4 Å². The predicted molar refractivity (Wildman–Crippen MR) is 151 cm³/mol. The Labute approximate surface area is 232 Å². The topological polar surface area (TPSA) is 94.5 Å². The standard InChI is InChI=1S/C32H30N4O4/c1-32(2,3)38-31(37)25-19-36(20-25)18-21-14-16-24(17-15-21)29-33-30(40-35-29)27-26(22-10-6-4-7-11-22)28(39-34-27)23-12-8-5-9-13-23/h4-17,25H,18-20H2,1-3H3. The lowest BCUT2D eigenvalue weighted by atomic mass is 9.98. The number of hydrogen-bond donors (Lipinski definition) is 0. The third kappa shape index (κ3) is 5.44. The molecule has 0 bridgehead atoms. The summed E-state index contributed by atoms with van der Waals surface area (Å²) >= 11 is 0. The normalized spacial score (nSPS) is 14.2. The van der Waals surface area contributed by atoms with Gasteiger partial charge in [0.15, 0.2) is 11.5 Å². The summed E-state index contributed by atoms with van der Waals surface area (Å²) in [5.41, 5.74) is 4.68. The zero-order valence-corrected chi connectivity index (χ0v) is 22.7. The van der Waals surface area contributed by atoms with E-state index in [0.29, 0.717) is 30.4 Å². The first kappa shape index (κ1) is 25.7. The van der Waals surface area contributed by atoms with Gasteiger partial charge in [-0.05, 0) is 31.9 Å². The first-order valence-electron chi connectivity index (χ1n) is 13.3. The molecule has 0 unspecified atom stereocenters. The fraction of sp³-hybridized carbons (Fsp3) is 0.250. The van der Waals surface area contributed by atoms with Crippen LogP contribution in [-0.4, -0.2) is 44.9 Å². The average Bonchev–Trinajstić information content (AvgIpc) is 3.59. The van der Waals surface area contributed by atoms with E-state index in [1.165, 1.54) is 0 Å². The highest BCUT2D eigenvalue weighted by Gasteiger charge is 2.35. The largest absolute Gasteiger partial charge is 0.460 e. The molecule has 3 aromatic carbocycles. The zero-order chi connectivity index (χ0) is 27.7. The molecule has 0 N–H and O–H groups in total. The van der Waals surface area contributed by atoms with E-state index in [9.17, 15) is 4.79 Å². The number of esters is 1. The van der Waals surface area contributed by atoms with Gasteiger partial charge in [0.05, 0.1) is 11.5 Å². The molecule has 0 spiro atoms. The van der Waals surface area contributed by atoms with E-state index in [1.54, 1.807) is 0 Å². The molecule has 0 aliphatic carbocycles. The first-order valence-corrected chi connectivity index (χ1v) is 13.3. The van der Waals surface area contributed by atoms with Crippen LogP contribution in [0.1, 0.15) is 26.3 Å². The number of nitrogens with zero attached hydrogens (tertiary/aromatic N) is 4. The van der Waals surface area contributed by atoms with Crippen LogP contribution in [-0.2, 0) is 16.1 Å². The Balaban J connectivity index is 1.18. The highest BCUT2D eigenvalue weighted by atomic mass is 16.6. The average molecular weight is 535 g/mol. The van der Waals surface area contributed by atoms with E-state index in [0.717, 1.165) is 34.4 Å². The molecule has 8 heteroatoms. The van der Waals surface area contributed by atoms with Gasteiger partial charge in [0.1, 0.15) is 5.60 Å². The quantitative estimate of drug-likeness (QED) is 0.218. The number of likely N-dealkylation sites (tertiary alicyclic amines) is 1. The lowest BCUT2D eigenvalue weighted by Gasteiger charge is -2.38. The van der Waals surface area contributed by atoms with Crippen molar-refractivity contribution in [3.8, 4) is 45.4 Å². The van der Waals surface area contributed by atoms with E-state index in [2.05, 4.69) is 20.2 Å². The molecule has 8 nitrogen and oxygen atoms in total. The van der Waals surface area contributed by atoms with Crippen molar-refractivity contribution in [2.75, 3.05) is 13.1 Å². The van der Waals surface area contributed by atoms with Gasteiger partial charge in [0, 0.05) is 30.8 Å². The Hall–Kier alpha value is -4.56. The Kier molecular flexibility index (Phi) is 6.77. The smallest absolute Gasteiger partial charge is 0.312 e. The minimum Gasteiger partial charge on any atom is -0.460 e. The summed E-state index contributed by atoms with van der Waals surface area (Å²) < 4.78 is 17.0. The molecule has 1 saturated heterocycles. The maximum absolute atomic E-state index is 12.2. The molecule has 0 amide bonds. The van der Waals surface area contributed by atoms with Crippen molar-refractivity contribution in [2.24, 2.45) is 5.92 Å². The molecular weight excluding hydrogens is 504 g/mol. The maximum Gasteiger partial charge on any atom is 0.312 e. The number of benzene rings is 3. The van der Waals surface area contributed by atoms with Crippen LogP contribution < -0.4 is 0 Å². The van der Waals surface area contributed by atoms with Crippen LogP contribution in [0.3, 0.4) is 0 Å². The van der Waals surface area contributed by atoms with Gasteiger partial charge in [-0.15, -0.1) is 0 Å². The van der Waals surface area contributed by atoms with E-state index in [1.807, 2.05) is 106 Å². The van der Waals surface area contributed by atoms with Crippen LogP contribution in [0.5, 0.6) is 0 Å². The lowest BCUT2D eigenvalue weighted by molar-refractivity contribution is -0.166. The fourth-order valence-electron chi connectivity index (χ4n) is 4.78. The minimum atomic E-state index is -0.455. The van der Waals surface area contributed by atoms with E-state index < -0.39 is 5.60 Å². The molecule has 1 fully saturated rings. The van der Waals surface area contributed by atoms with Crippen molar-refractivity contribution >= 4 is 5.97 Å². The number of ether oxygens (including phenoxy) is 1. The summed E-state index contributed by atoms with van der Waals surface area (Å²) in [6.07, 6.45) is 0. The maximum atomic E-state index is 12.2. The monoisotopic (exact) mass is 534 g/mol. The zero-order valence-electron chi connectivity index (χ0n) is 22.7. The highest BCUT2D eigenvalue weighted by molar-refractivity contribution is 5.88. The van der Waals surface area contributed by atoms with Crippen molar-refractivity contribution in [1.82, 2.24) is 20.2 Å². The summed E-state index contributed by atoms with van der Waals surface area (Å²) in [6.45, 7) is 7.86. The van der Waals surface area contributed by atoms with Crippen molar-refractivity contribution < 1.29 is 18.6 Å². The second kappa shape index (κ2) is 10.5. The molecule has 6 rings (SSSR count). The number of hydrogen-bond acceptors (Lipinski definition) is 8. The number of rotatable bonds is 7. The van der Waals surface area contributed by atoms with Crippen LogP contribution in [0.4, 0.5) is 0 Å². The van der Waals surface area contributed by atoms with Gasteiger partial charge in [0.25, 0.3) is 5.89 Å². The molecule has 40 heavy (non-hydrogen) atoms. The Morgan fingerprint density at radius 3 is 2.15 bits per heavy atom. The third-order valence-corrected chi connectivity index (χ3v) is 6.73. The van der Waals surface area contributed by atoms with Gasteiger partial charge >= 0.3 is 5.97 Å². The van der Waals surface area contributed by atoms with Crippen molar-refractivity contribution in [2.45, 2.75) is 32.9 Å². The summed E-state index contributed by atoms with van der Waals surface area (Å²) in [5, 5.41) is 8.56. The van der Waals surface area contributed by atoms with E-state index in [-0.39, 0.29) is 17.8 Å². The molecule has 0 radical (unpaired) electrons. The molecule has 0 saturated carbocycles. The molecule has 0 atom stereocenters. The summed E-state index contributed by atoms with van der Waals surface area (Å²) in [5.74, 6) is 1.23. The second-order valence-electron chi connectivity index (χ2n) is 11.0. The fourth-order valence-corrected chi connectivity index (χ4v) is 4.78. The van der Waals surface area contributed by atoms with Crippen molar-refractivity contribution in [1.29, 1.82) is 0 Å². The van der Waals surface area contributed by atoms with Gasteiger partial charge in [-0.25, -0.2) is 0 Å². The molecule has 1 aliphatic rings. The predicted octanol–water partition coefficient (Wildman–Crippen LogP) is 6.50. The van der Waals surface area contributed by atoms with Crippen LogP contribution in [0, 0.1) is 5.92 Å². The van der Waals surface area contributed by atoms with E-state index >= 15 is 0 Å². The van der Waals surface area contributed by atoms with Gasteiger partial charge in [0.2, 0.25) is 5.82 Å². The summed E-state index contributed by atoms with van der Waals surface area (Å²) in [7, 11) is 0. The first-order chi connectivity index (χ1) is 19.3. The Morgan fingerprint density at radius 2 is 1.50 bits per heavy atom. The van der Waals surface area contributed by atoms with Gasteiger partial charge in [-0.1, -0.05) is 95.2 Å². The van der Waals surface area contributed by atoms with Crippen LogP contribution in [0.15, 0.2) is 94.0 Å². The highest BCUT2D eigenvalue weighted by Crippen LogP contribution is 2.39. The van der Waals surface area contributed by atoms with Crippen LogP contribution >= 0.6 is 0 Å². The summed E-state index contributed by atoms with van der Waals surface area (Å²) in [6, 6.07) is 27.8. The molecule has 1 aliphatic heterocycles. The SMILES string of the molecule is CC(C)(C)OC(=O)C1CN(Cc2ccc(-c3noc(-c4noc(-c5ccccc5)c4-c4ccccc4)n3)cc2)C1. The third-order valence-electron chi connectivity index (χ3n) is 6.73. The number of carbonyl (C=O) groups is 1. The molecule has 3 heterocycles. The summed E-state index contributed by atoms with van der Waals surface area (Å²) in [4.78, 5) is 19.1. The van der Waals surface area contributed by atoms with E-state index in [4.69, 9.17) is 13.8 Å². The van der Waals surface area contributed by atoms with Crippen molar-refractivity contribution in [3.05, 3.63) is 90.5 Å². The van der Waals surface area contributed by atoms with Gasteiger partial charge < -0.3 is 13.8 Å². The molecule has 5 aromatic rings. The minimum absolute atomic E-state index is 0.0593. The van der Waals surface area contributed by atoms with Gasteiger partial charge in [-0.3, -0.25) is 9.69 Å². The molecular formula is C32H30N4O4. The second-order valence-corrected chi connectivity index (χ2v) is 11.0. The van der Waals surface area contributed by atoms with Crippen molar-refractivity contribution in [3.63, 3.8) is 0 Å². The lowest BCUT2D eigenvalue weighted by Crippen LogP contribution is -2.51.